The molecule has 0 fully saturated rings. The third kappa shape index (κ3) is 4.19. The highest BCUT2D eigenvalue weighted by atomic mass is 16.5. The van der Waals surface area contributed by atoms with E-state index in [4.69, 9.17) is 19.2 Å². The van der Waals surface area contributed by atoms with Gasteiger partial charge in [0.15, 0.2) is 23.4 Å². The van der Waals surface area contributed by atoms with E-state index >= 15 is 0 Å². The molecule has 0 N–H and O–H groups in total. The number of hydrogen-bond acceptors (Lipinski definition) is 4. The summed E-state index contributed by atoms with van der Waals surface area (Å²) in [6, 6.07) is 25.6. The zero-order chi connectivity index (χ0) is 20.1. The quantitative estimate of drug-likeness (QED) is 0.413. The van der Waals surface area contributed by atoms with Gasteiger partial charge in [-0.25, -0.2) is 4.98 Å². The Hall–Kier alpha value is -3.47. The predicted molar refractivity (Wildman–Crippen MR) is 114 cm³/mol. The van der Waals surface area contributed by atoms with E-state index in [9.17, 15) is 0 Å². The van der Waals surface area contributed by atoms with E-state index < -0.39 is 0 Å². The van der Waals surface area contributed by atoms with Gasteiger partial charge >= 0.3 is 0 Å². The fourth-order valence-corrected chi connectivity index (χ4v) is 3.38. The number of fused-ring (bicyclic) bond motifs is 1. The number of imidazole rings is 1. The number of methoxy groups -OCH3 is 1. The standard InChI is InChI=1S/C24H24N2O3/c1-18(29-19-10-4-3-5-11-19)24-25-20-12-6-7-13-21(20)26(24)16-17-28-23-15-9-8-14-22(23)27-2/h3-15,18H,16-17H2,1-2H3/t18-/m1/s1. The number of benzene rings is 3. The molecule has 4 aromatic rings. The number of ether oxygens (including phenoxy) is 3. The van der Waals surface area contributed by atoms with Crippen LogP contribution in [0.1, 0.15) is 18.9 Å². The van der Waals surface area contributed by atoms with Gasteiger partial charge in [-0.05, 0) is 43.3 Å². The SMILES string of the molecule is COc1ccccc1OCCn1c([C@@H](C)Oc2ccccc2)nc2ccccc21. The summed E-state index contributed by atoms with van der Waals surface area (Å²) in [7, 11) is 1.65. The number of para-hydroxylation sites is 5. The monoisotopic (exact) mass is 388 g/mol. The van der Waals surface area contributed by atoms with Crippen molar-refractivity contribution in [3.8, 4) is 17.2 Å². The summed E-state index contributed by atoms with van der Waals surface area (Å²) in [5.74, 6) is 3.15. The van der Waals surface area contributed by atoms with Crippen molar-refractivity contribution in [1.29, 1.82) is 0 Å². The fourth-order valence-electron chi connectivity index (χ4n) is 3.38. The molecular formula is C24H24N2O3. The average Bonchev–Trinajstić information content (AvgIpc) is 3.14. The van der Waals surface area contributed by atoms with Gasteiger partial charge < -0.3 is 18.8 Å². The Labute approximate surface area is 170 Å². The first-order chi connectivity index (χ1) is 14.3. The van der Waals surface area contributed by atoms with Crippen molar-refractivity contribution >= 4 is 11.0 Å². The smallest absolute Gasteiger partial charge is 0.161 e. The maximum absolute atomic E-state index is 6.13. The number of aromatic nitrogens is 2. The zero-order valence-electron chi connectivity index (χ0n) is 16.6. The van der Waals surface area contributed by atoms with Gasteiger partial charge in [-0.2, -0.15) is 0 Å². The topological polar surface area (TPSA) is 45.5 Å². The summed E-state index contributed by atoms with van der Waals surface area (Å²) in [6.07, 6.45) is -0.198. The third-order valence-corrected chi connectivity index (χ3v) is 4.75. The van der Waals surface area contributed by atoms with Crippen molar-refractivity contribution < 1.29 is 14.2 Å². The number of nitrogens with zero attached hydrogens (tertiary/aromatic N) is 2. The Morgan fingerprint density at radius 1 is 0.862 bits per heavy atom. The van der Waals surface area contributed by atoms with E-state index in [1.54, 1.807) is 7.11 Å². The van der Waals surface area contributed by atoms with Crippen LogP contribution in [0, 0.1) is 0 Å². The third-order valence-electron chi connectivity index (χ3n) is 4.75. The first kappa shape index (κ1) is 18.9. The van der Waals surface area contributed by atoms with Crippen molar-refractivity contribution in [3.63, 3.8) is 0 Å². The molecule has 0 aliphatic heterocycles. The molecule has 5 nitrogen and oxygen atoms in total. The summed E-state index contributed by atoms with van der Waals surface area (Å²) in [6.45, 7) is 3.16. The summed E-state index contributed by atoms with van der Waals surface area (Å²) in [5.41, 5.74) is 2.01. The molecule has 0 aliphatic carbocycles. The van der Waals surface area contributed by atoms with Crippen LogP contribution in [-0.4, -0.2) is 23.3 Å². The lowest BCUT2D eigenvalue weighted by Crippen LogP contribution is -2.15. The minimum Gasteiger partial charge on any atom is -0.493 e. The van der Waals surface area contributed by atoms with E-state index in [2.05, 4.69) is 10.6 Å². The molecule has 148 valence electrons. The molecule has 1 heterocycles. The molecule has 1 aromatic heterocycles. The summed E-state index contributed by atoms with van der Waals surface area (Å²) in [5, 5.41) is 0. The molecule has 1 atom stereocenters. The van der Waals surface area contributed by atoms with Gasteiger partial charge in [0, 0.05) is 0 Å². The lowest BCUT2D eigenvalue weighted by molar-refractivity contribution is 0.207. The van der Waals surface area contributed by atoms with Crippen LogP contribution >= 0.6 is 0 Å². The first-order valence-electron chi connectivity index (χ1n) is 9.69. The molecular weight excluding hydrogens is 364 g/mol. The van der Waals surface area contributed by atoms with Gasteiger partial charge in [0.2, 0.25) is 0 Å². The molecule has 4 rings (SSSR count). The Morgan fingerprint density at radius 3 is 2.34 bits per heavy atom. The lowest BCUT2D eigenvalue weighted by atomic mass is 10.3. The number of hydrogen-bond donors (Lipinski definition) is 0. The minimum absolute atomic E-state index is 0.198. The largest absolute Gasteiger partial charge is 0.493 e. The zero-order valence-corrected chi connectivity index (χ0v) is 16.6. The highest BCUT2D eigenvalue weighted by Crippen LogP contribution is 2.27. The Kier molecular flexibility index (Phi) is 5.66. The van der Waals surface area contributed by atoms with Crippen LogP contribution in [-0.2, 0) is 6.54 Å². The van der Waals surface area contributed by atoms with Gasteiger partial charge in [0.1, 0.15) is 12.4 Å². The van der Waals surface area contributed by atoms with Crippen molar-refractivity contribution in [2.24, 2.45) is 0 Å². The van der Waals surface area contributed by atoms with E-state index in [-0.39, 0.29) is 6.10 Å². The van der Waals surface area contributed by atoms with Gasteiger partial charge in [-0.15, -0.1) is 0 Å². The second-order valence-corrected chi connectivity index (χ2v) is 6.68. The van der Waals surface area contributed by atoms with E-state index in [1.807, 2.05) is 79.7 Å². The second-order valence-electron chi connectivity index (χ2n) is 6.68. The van der Waals surface area contributed by atoms with E-state index in [0.29, 0.717) is 13.2 Å². The van der Waals surface area contributed by atoms with Crippen LogP contribution < -0.4 is 14.2 Å². The maximum Gasteiger partial charge on any atom is 0.161 e. The summed E-state index contributed by atoms with van der Waals surface area (Å²) < 4.78 is 19.6. The van der Waals surface area contributed by atoms with Crippen molar-refractivity contribution in [1.82, 2.24) is 9.55 Å². The van der Waals surface area contributed by atoms with Crippen molar-refractivity contribution in [3.05, 3.63) is 84.7 Å². The highest BCUT2D eigenvalue weighted by molar-refractivity contribution is 5.76. The molecule has 29 heavy (non-hydrogen) atoms. The first-order valence-corrected chi connectivity index (χ1v) is 9.69. The Bertz CT molecular complexity index is 1080. The molecule has 0 unspecified atom stereocenters. The van der Waals surface area contributed by atoms with Crippen LogP contribution in [0.25, 0.3) is 11.0 Å². The normalized spacial score (nSPS) is 11.9. The minimum atomic E-state index is -0.198. The fraction of sp³-hybridized carbons (Fsp3) is 0.208. The van der Waals surface area contributed by atoms with E-state index in [1.165, 1.54) is 0 Å². The summed E-state index contributed by atoms with van der Waals surface area (Å²) in [4.78, 5) is 4.83. The molecule has 5 heteroatoms. The Balaban J connectivity index is 1.56. The van der Waals surface area contributed by atoms with Gasteiger partial charge in [0.25, 0.3) is 0 Å². The molecule has 0 saturated heterocycles. The van der Waals surface area contributed by atoms with Crippen LogP contribution in [0.3, 0.4) is 0 Å². The predicted octanol–water partition coefficient (Wildman–Crippen LogP) is 5.26. The van der Waals surface area contributed by atoms with Crippen LogP contribution in [0.15, 0.2) is 78.9 Å². The molecule has 0 aliphatic rings. The molecule has 0 saturated carbocycles. The molecule has 0 amide bonds. The second kappa shape index (κ2) is 8.69. The number of rotatable bonds is 8. The Morgan fingerprint density at radius 2 is 1.55 bits per heavy atom. The van der Waals surface area contributed by atoms with Gasteiger partial charge in [0.05, 0.1) is 24.7 Å². The van der Waals surface area contributed by atoms with Crippen LogP contribution in [0.2, 0.25) is 0 Å². The van der Waals surface area contributed by atoms with Gasteiger partial charge in [-0.3, -0.25) is 0 Å². The summed E-state index contributed by atoms with van der Waals surface area (Å²) >= 11 is 0. The molecule has 3 aromatic carbocycles. The van der Waals surface area contributed by atoms with E-state index in [0.717, 1.165) is 34.1 Å². The molecule has 0 radical (unpaired) electrons. The van der Waals surface area contributed by atoms with Crippen LogP contribution in [0.5, 0.6) is 17.2 Å². The van der Waals surface area contributed by atoms with Gasteiger partial charge in [-0.1, -0.05) is 42.5 Å². The maximum atomic E-state index is 6.13. The average molecular weight is 388 g/mol. The molecule has 0 bridgehead atoms. The van der Waals surface area contributed by atoms with Crippen LogP contribution in [0.4, 0.5) is 0 Å². The molecule has 0 spiro atoms. The highest BCUT2D eigenvalue weighted by Gasteiger charge is 2.18. The van der Waals surface area contributed by atoms with Crippen molar-refractivity contribution in [2.45, 2.75) is 19.6 Å². The lowest BCUT2D eigenvalue weighted by Gasteiger charge is -2.17. The van der Waals surface area contributed by atoms with Crippen molar-refractivity contribution in [2.75, 3.05) is 13.7 Å².